The molecule has 1 spiro atoms. The van der Waals surface area contributed by atoms with Crippen LogP contribution in [0.15, 0.2) is 36.4 Å². The highest BCUT2D eigenvalue weighted by molar-refractivity contribution is 6.07. The second-order valence-corrected chi connectivity index (χ2v) is 7.12. The van der Waals surface area contributed by atoms with Crippen molar-refractivity contribution in [3.05, 3.63) is 42.0 Å². The third kappa shape index (κ3) is 2.45. The van der Waals surface area contributed by atoms with E-state index in [1.807, 2.05) is 18.2 Å². The first-order chi connectivity index (χ1) is 13.6. The predicted octanol–water partition coefficient (Wildman–Crippen LogP) is 2.55. The molecular formula is C20H19N3O5. The molecule has 3 aliphatic rings. The lowest BCUT2D eigenvalue weighted by Crippen LogP contribution is -2.40. The van der Waals surface area contributed by atoms with Crippen LogP contribution in [0.5, 0.6) is 17.2 Å². The topological polar surface area (TPSA) is 89.1 Å². The third-order valence-corrected chi connectivity index (χ3v) is 5.61. The van der Waals surface area contributed by atoms with Crippen LogP contribution in [0.3, 0.4) is 0 Å². The van der Waals surface area contributed by atoms with Gasteiger partial charge in [0, 0.05) is 30.5 Å². The largest absolute Gasteiger partial charge is 0.497 e. The summed E-state index contributed by atoms with van der Waals surface area (Å²) in [4.78, 5) is 27.2. The van der Waals surface area contributed by atoms with Crippen molar-refractivity contribution in [2.24, 2.45) is 0 Å². The van der Waals surface area contributed by atoms with Crippen molar-refractivity contribution in [3.8, 4) is 17.2 Å². The highest BCUT2D eigenvalue weighted by atomic mass is 16.7. The van der Waals surface area contributed by atoms with Gasteiger partial charge in [-0.05, 0) is 42.3 Å². The molecule has 0 unspecified atom stereocenters. The van der Waals surface area contributed by atoms with E-state index in [0.29, 0.717) is 42.4 Å². The highest BCUT2D eigenvalue weighted by Crippen LogP contribution is 2.45. The molecule has 1 fully saturated rings. The van der Waals surface area contributed by atoms with Gasteiger partial charge in [0.05, 0.1) is 12.5 Å². The zero-order valence-electron chi connectivity index (χ0n) is 15.3. The fraction of sp³-hybridized carbons (Fsp3) is 0.300. The number of hydrogen-bond acceptors (Lipinski definition) is 5. The molecule has 5 rings (SSSR count). The summed E-state index contributed by atoms with van der Waals surface area (Å²) in [5.74, 6) is 1.88. The maximum atomic E-state index is 12.8. The van der Waals surface area contributed by atoms with E-state index < -0.39 is 5.41 Å². The second-order valence-electron chi connectivity index (χ2n) is 7.12. The van der Waals surface area contributed by atoms with Gasteiger partial charge in [-0.1, -0.05) is 0 Å². The standard InChI is InChI=1S/C20H19N3O5/c1-26-13-3-4-15-14(9-13)20(18(24)22-15)6-7-23(10-20)19(25)21-12-2-5-16-17(8-12)28-11-27-16/h2-5,8-9H,6-7,10-11H2,1H3,(H,21,25)(H,22,24)/t20-/m0/s1. The molecule has 0 saturated carbocycles. The molecule has 3 heterocycles. The number of hydrogen-bond donors (Lipinski definition) is 2. The molecule has 2 aromatic rings. The summed E-state index contributed by atoms with van der Waals surface area (Å²) in [6.07, 6.45) is 0.563. The second kappa shape index (κ2) is 6.05. The van der Waals surface area contributed by atoms with Crippen LogP contribution in [-0.2, 0) is 10.2 Å². The normalized spacial score (nSPS) is 21.6. The minimum absolute atomic E-state index is 0.0749. The van der Waals surface area contributed by atoms with Crippen molar-refractivity contribution >= 4 is 23.3 Å². The number of nitrogens with zero attached hydrogens (tertiary/aromatic N) is 1. The quantitative estimate of drug-likeness (QED) is 0.835. The molecule has 144 valence electrons. The van der Waals surface area contributed by atoms with Crippen LogP contribution in [0.1, 0.15) is 12.0 Å². The number of nitrogens with one attached hydrogen (secondary N) is 2. The van der Waals surface area contributed by atoms with Gasteiger partial charge in [-0.25, -0.2) is 4.79 Å². The molecule has 0 radical (unpaired) electrons. The van der Waals surface area contributed by atoms with Crippen LogP contribution >= 0.6 is 0 Å². The number of rotatable bonds is 2. The number of amides is 3. The number of fused-ring (bicyclic) bond motifs is 3. The maximum absolute atomic E-state index is 12.8. The number of carbonyl (C=O) groups is 2. The van der Waals surface area contributed by atoms with Crippen LogP contribution in [0.4, 0.5) is 16.2 Å². The van der Waals surface area contributed by atoms with Gasteiger partial charge < -0.3 is 29.7 Å². The summed E-state index contributed by atoms with van der Waals surface area (Å²) in [6, 6.07) is 10.5. The van der Waals surface area contributed by atoms with Crippen LogP contribution in [0.2, 0.25) is 0 Å². The lowest BCUT2D eigenvalue weighted by atomic mass is 9.81. The van der Waals surface area contributed by atoms with Gasteiger partial charge in [-0.15, -0.1) is 0 Å². The first-order valence-electron chi connectivity index (χ1n) is 9.05. The Morgan fingerprint density at radius 3 is 2.93 bits per heavy atom. The number of benzene rings is 2. The zero-order valence-corrected chi connectivity index (χ0v) is 15.3. The lowest BCUT2D eigenvalue weighted by Gasteiger charge is -2.23. The van der Waals surface area contributed by atoms with Crippen molar-refractivity contribution in [1.82, 2.24) is 4.90 Å². The third-order valence-electron chi connectivity index (χ3n) is 5.61. The smallest absolute Gasteiger partial charge is 0.321 e. The Kier molecular flexibility index (Phi) is 3.61. The Morgan fingerprint density at radius 2 is 2.07 bits per heavy atom. The molecule has 0 aliphatic carbocycles. The molecule has 1 atom stereocenters. The SMILES string of the molecule is COc1ccc2c(c1)[C@@]1(CCN(C(=O)Nc3ccc4c(c3)OCO4)C1)C(=O)N2. The summed E-state index contributed by atoms with van der Waals surface area (Å²) < 4.78 is 15.9. The fourth-order valence-electron chi connectivity index (χ4n) is 4.08. The van der Waals surface area contributed by atoms with Crippen molar-refractivity contribution in [2.45, 2.75) is 11.8 Å². The molecule has 3 aliphatic heterocycles. The molecule has 0 bridgehead atoms. The molecule has 8 heteroatoms. The number of anilines is 2. The first kappa shape index (κ1) is 16.7. The number of carbonyl (C=O) groups excluding carboxylic acids is 2. The number of methoxy groups -OCH3 is 1. The van der Waals surface area contributed by atoms with Gasteiger partial charge in [-0.2, -0.15) is 0 Å². The monoisotopic (exact) mass is 381 g/mol. The predicted molar refractivity (Wildman–Crippen MR) is 101 cm³/mol. The van der Waals surface area contributed by atoms with Crippen LogP contribution in [0.25, 0.3) is 0 Å². The lowest BCUT2D eigenvalue weighted by molar-refractivity contribution is -0.120. The average Bonchev–Trinajstić information content (AvgIpc) is 3.41. The highest BCUT2D eigenvalue weighted by Gasteiger charge is 2.52. The van der Waals surface area contributed by atoms with Gasteiger partial charge in [0.2, 0.25) is 12.7 Å². The molecule has 2 aromatic carbocycles. The molecular weight excluding hydrogens is 362 g/mol. The van der Waals surface area contributed by atoms with Gasteiger partial charge in [0.15, 0.2) is 11.5 Å². The Labute approximate surface area is 161 Å². The van der Waals surface area contributed by atoms with Crippen LogP contribution in [-0.4, -0.2) is 43.8 Å². The number of urea groups is 1. The van der Waals surface area contributed by atoms with Crippen LogP contribution < -0.4 is 24.8 Å². The number of ether oxygens (including phenoxy) is 3. The van der Waals surface area contributed by atoms with E-state index in [2.05, 4.69) is 10.6 Å². The molecule has 3 amide bonds. The molecule has 28 heavy (non-hydrogen) atoms. The number of likely N-dealkylation sites (tertiary alicyclic amines) is 1. The Balaban J connectivity index is 1.36. The molecule has 1 saturated heterocycles. The Morgan fingerprint density at radius 1 is 1.21 bits per heavy atom. The van der Waals surface area contributed by atoms with E-state index in [-0.39, 0.29) is 18.7 Å². The first-order valence-corrected chi connectivity index (χ1v) is 9.05. The molecule has 0 aromatic heterocycles. The van der Waals surface area contributed by atoms with E-state index in [4.69, 9.17) is 14.2 Å². The van der Waals surface area contributed by atoms with E-state index in [1.165, 1.54) is 0 Å². The van der Waals surface area contributed by atoms with E-state index >= 15 is 0 Å². The van der Waals surface area contributed by atoms with Crippen molar-refractivity contribution in [3.63, 3.8) is 0 Å². The zero-order chi connectivity index (χ0) is 19.3. The Hall–Kier alpha value is -3.42. The summed E-state index contributed by atoms with van der Waals surface area (Å²) in [5, 5.41) is 5.81. The minimum Gasteiger partial charge on any atom is -0.497 e. The summed E-state index contributed by atoms with van der Waals surface area (Å²) in [7, 11) is 1.60. The minimum atomic E-state index is -0.740. The fourth-order valence-corrected chi connectivity index (χ4v) is 4.08. The van der Waals surface area contributed by atoms with E-state index in [0.717, 1.165) is 11.3 Å². The summed E-state index contributed by atoms with van der Waals surface area (Å²) >= 11 is 0. The van der Waals surface area contributed by atoms with E-state index in [9.17, 15) is 9.59 Å². The summed E-state index contributed by atoms with van der Waals surface area (Å²) in [6.45, 7) is 0.981. The van der Waals surface area contributed by atoms with E-state index in [1.54, 1.807) is 30.2 Å². The van der Waals surface area contributed by atoms with Crippen LogP contribution in [0, 0.1) is 0 Å². The van der Waals surface area contributed by atoms with Gasteiger partial charge in [0.25, 0.3) is 0 Å². The average molecular weight is 381 g/mol. The maximum Gasteiger partial charge on any atom is 0.321 e. The van der Waals surface area contributed by atoms with Crippen molar-refractivity contribution in [2.75, 3.05) is 37.6 Å². The van der Waals surface area contributed by atoms with Crippen molar-refractivity contribution < 1.29 is 23.8 Å². The van der Waals surface area contributed by atoms with Gasteiger partial charge in [0.1, 0.15) is 5.75 Å². The van der Waals surface area contributed by atoms with Gasteiger partial charge >= 0.3 is 6.03 Å². The van der Waals surface area contributed by atoms with Gasteiger partial charge in [-0.3, -0.25) is 4.79 Å². The van der Waals surface area contributed by atoms with Crippen molar-refractivity contribution in [1.29, 1.82) is 0 Å². The Bertz CT molecular complexity index is 992. The molecule has 8 nitrogen and oxygen atoms in total. The molecule has 2 N–H and O–H groups in total. The summed E-state index contributed by atoms with van der Waals surface area (Å²) in [5.41, 5.74) is 1.54.